The van der Waals surface area contributed by atoms with Gasteiger partial charge in [-0.3, -0.25) is 9.59 Å². The van der Waals surface area contributed by atoms with Gasteiger partial charge in [0, 0.05) is 35.8 Å². The molecule has 8 heteroatoms. The van der Waals surface area contributed by atoms with Crippen LogP contribution in [0.1, 0.15) is 23.4 Å². The highest BCUT2D eigenvalue weighted by Crippen LogP contribution is 2.33. The highest BCUT2D eigenvalue weighted by Gasteiger charge is 2.35. The van der Waals surface area contributed by atoms with E-state index >= 15 is 0 Å². The topological polar surface area (TPSA) is 75.0 Å². The molecule has 3 aromatic rings. The molecule has 4 aliphatic rings. The molecule has 1 atom stereocenters. The zero-order valence-electron chi connectivity index (χ0n) is 18.9. The van der Waals surface area contributed by atoms with Crippen molar-refractivity contribution in [3.63, 3.8) is 0 Å². The van der Waals surface area contributed by atoms with Crippen LogP contribution in [0.4, 0.5) is 5.69 Å². The van der Waals surface area contributed by atoms with Crippen LogP contribution in [0.2, 0.25) is 0 Å². The molecule has 5 heterocycles. The molecule has 178 valence electrons. The normalized spacial score (nSPS) is 24.2. The number of amides is 2. The van der Waals surface area contributed by atoms with Gasteiger partial charge in [-0.05, 0) is 55.6 Å². The molecule has 7 nitrogen and oxygen atoms in total. The minimum atomic E-state index is -0.142. The number of fused-ring (bicyclic) bond motifs is 4. The van der Waals surface area contributed by atoms with Gasteiger partial charge in [-0.2, -0.15) is 0 Å². The van der Waals surface area contributed by atoms with Gasteiger partial charge >= 0.3 is 0 Å². The number of hydrogen-bond acceptors (Lipinski definition) is 5. The summed E-state index contributed by atoms with van der Waals surface area (Å²) in [6.07, 6.45) is 2.31. The summed E-state index contributed by atoms with van der Waals surface area (Å²) in [5, 5.41) is 4.11. The van der Waals surface area contributed by atoms with Crippen molar-refractivity contribution in [2.24, 2.45) is 5.92 Å². The van der Waals surface area contributed by atoms with Crippen molar-refractivity contribution in [3.8, 4) is 11.1 Å². The Hall–Kier alpha value is -2.87. The molecule has 0 unspecified atom stereocenters. The first-order valence-corrected chi connectivity index (χ1v) is 11.7. The lowest BCUT2D eigenvalue weighted by Gasteiger charge is -2.44. The van der Waals surface area contributed by atoms with Crippen molar-refractivity contribution in [2.75, 3.05) is 44.3 Å². The number of anilines is 1. The van der Waals surface area contributed by atoms with Crippen molar-refractivity contribution < 1.29 is 18.7 Å². The molecule has 1 aromatic heterocycles. The number of nitrogens with one attached hydrogen (secondary N) is 1. The number of para-hydroxylation sites is 1. The number of carbonyl (C=O) groups is 2. The molecule has 4 aliphatic heterocycles. The van der Waals surface area contributed by atoms with Gasteiger partial charge in [-0.1, -0.05) is 30.3 Å². The average Bonchev–Trinajstić information content (AvgIpc) is 3.30. The van der Waals surface area contributed by atoms with Crippen LogP contribution in [-0.2, 0) is 9.53 Å². The van der Waals surface area contributed by atoms with E-state index < -0.39 is 0 Å². The fraction of sp³-hybridized carbons (Fsp3) is 0.385. The van der Waals surface area contributed by atoms with Crippen molar-refractivity contribution >= 4 is 40.9 Å². The maximum atomic E-state index is 13.0. The Morgan fingerprint density at radius 1 is 1.03 bits per heavy atom. The number of furan rings is 1. The van der Waals surface area contributed by atoms with Gasteiger partial charge < -0.3 is 24.3 Å². The monoisotopic (exact) mass is 481 g/mol. The molecule has 0 spiro atoms. The maximum Gasteiger partial charge on any atom is 0.287 e. The number of morpholine rings is 1. The summed E-state index contributed by atoms with van der Waals surface area (Å²) in [6, 6.07) is 15.8. The molecule has 7 rings (SSSR count). The largest absolute Gasteiger partial charge is 0.450 e. The SMILES string of the molecule is Cl.O=C(N[C@H]1CN2CCC1CC2)c1cc2cccc(-c3ccc(N4CCOCC4=O)cc3)c2o1. The van der Waals surface area contributed by atoms with E-state index in [9.17, 15) is 9.59 Å². The number of ether oxygens (including phenoxy) is 1. The maximum absolute atomic E-state index is 13.0. The zero-order chi connectivity index (χ0) is 22.4. The fourth-order valence-electron chi connectivity index (χ4n) is 5.38. The lowest BCUT2D eigenvalue weighted by Crippen LogP contribution is -2.57. The molecular formula is C26H28ClN3O4. The summed E-state index contributed by atoms with van der Waals surface area (Å²) >= 11 is 0. The number of benzene rings is 2. The minimum absolute atomic E-state index is 0. The highest BCUT2D eigenvalue weighted by atomic mass is 35.5. The van der Waals surface area contributed by atoms with E-state index in [0.717, 1.165) is 54.7 Å². The van der Waals surface area contributed by atoms with Crippen LogP contribution in [0, 0.1) is 5.92 Å². The average molecular weight is 482 g/mol. The summed E-state index contributed by atoms with van der Waals surface area (Å²) in [5.74, 6) is 0.748. The standard InChI is InChI=1S/C26H27N3O4.ClH/c30-24-16-32-13-12-29(24)20-6-4-17(5-7-20)21-3-1-2-19-14-23(33-25(19)21)26(31)27-22-15-28-10-8-18(22)9-11-28;/h1-7,14,18,22H,8-13,15-16H2,(H,27,31);1H/t22-;/m0./s1. The second-order valence-electron chi connectivity index (χ2n) is 9.20. The Balaban J connectivity index is 0.00000241. The minimum Gasteiger partial charge on any atom is -0.450 e. The second-order valence-corrected chi connectivity index (χ2v) is 9.20. The highest BCUT2D eigenvalue weighted by molar-refractivity contribution is 6.00. The van der Waals surface area contributed by atoms with Crippen LogP contribution in [-0.4, -0.2) is 62.1 Å². The first-order valence-electron chi connectivity index (χ1n) is 11.7. The summed E-state index contributed by atoms with van der Waals surface area (Å²) in [5.41, 5.74) is 3.46. The molecular weight excluding hydrogens is 454 g/mol. The van der Waals surface area contributed by atoms with Crippen molar-refractivity contribution in [3.05, 3.63) is 54.3 Å². The van der Waals surface area contributed by atoms with Crippen molar-refractivity contribution in [1.82, 2.24) is 10.2 Å². The molecule has 34 heavy (non-hydrogen) atoms. The van der Waals surface area contributed by atoms with E-state index in [1.54, 1.807) is 4.90 Å². The van der Waals surface area contributed by atoms with E-state index in [0.29, 0.717) is 30.4 Å². The summed E-state index contributed by atoms with van der Waals surface area (Å²) in [6.45, 7) is 4.44. The Morgan fingerprint density at radius 2 is 1.82 bits per heavy atom. The van der Waals surface area contributed by atoms with Crippen LogP contribution in [0.15, 0.2) is 52.9 Å². The van der Waals surface area contributed by atoms with E-state index in [2.05, 4.69) is 10.2 Å². The Bertz CT molecular complexity index is 1200. The van der Waals surface area contributed by atoms with Crippen LogP contribution in [0.5, 0.6) is 0 Å². The molecule has 2 aromatic carbocycles. The number of hydrogen-bond donors (Lipinski definition) is 1. The number of piperidine rings is 3. The molecule has 0 saturated carbocycles. The molecule has 4 saturated heterocycles. The Labute approximate surface area is 204 Å². The third-order valence-electron chi connectivity index (χ3n) is 7.22. The first kappa shape index (κ1) is 22.9. The molecule has 0 radical (unpaired) electrons. The molecule has 0 aliphatic carbocycles. The third-order valence-corrected chi connectivity index (χ3v) is 7.22. The van der Waals surface area contributed by atoms with Gasteiger partial charge in [0.1, 0.15) is 12.2 Å². The first-order chi connectivity index (χ1) is 16.2. The molecule has 4 fully saturated rings. The van der Waals surface area contributed by atoms with Crippen LogP contribution in [0.25, 0.3) is 22.1 Å². The smallest absolute Gasteiger partial charge is 0.287 e. The zero-order valence-corrected chi connectivity index (χ0v) is 19.7. The molecule has 2 amide bonds. The predicted octanol–water partition coefficient (Wildman–Crippen LogP) is 3.71. The lowest BCUT2D eigenvalue weighted by atomic mass is 9.84. The van der Waals surface area contributed by atoms with E-state index in [1.807, 2.05) is 48.5 Å². The van der Waals surface area contributed by atoms with Crippen LogP contribution >= 0.6 is 12.4 Å². The number of halogens is 1. The third kappa shape index (κ3) is 4.19. The molecule has 1 N–H and O–H groups in total. The van der Waals surface area contributed by atoms with Gasteiger partial charge in [-0.15, -0.1) is 12.4 Å². The van der Waals surface area contributed by atoms with E-state index in [4.69, 9.17) is 9.15 Å². The second kappa shape index (κ2) is 9.41. The Kier molecular flexibility index (Phi) is 6.34. The van der Waals surface area contributed by atoms with Crippen LogP contribution < -0.4 is 10.2 Å². The number of nitrogens with zero attached hydrogens (tertiary/aromatic N) is 2. The summed E-state index contributed by atoms with van der Waals surface area (Å²) in [7, 11) is 0. The Morgan fingerprint density at radius 3 is 2.53 bits per heavy atom. The summed E-state index contributed by atoms with van der Waals surface area (Å²) < 4.78 is 11.3. The lowest BCUT2D eigenvalue weighted by molar-refractivity contribution is -0.125. The number of rotatable bonds is 4. The van der Waals surface area contributed by atoms with Gasteiger partial charge in [0.05, 0.1) is 6.61 Å². The van der Waals surface area contributed by atoms with Crippen molar-refractivity contribution in [2.45, 2.75) is 18.9 Å². The van der Waals surface area contributed by atoms with Gasteiger partial charge in [0.2, 0.25) is 0 Å². The predicted molar refractivity (Wildman–Crippen MR) is 132 cm³/mol. The van der Waals surface area contributed by atoms with Gasteiger partial charge in [-0.25, -0.2) is 0 Å². The van der Waals surface area contributed by atoms with Crippen LogP contribution in [0.3, 0.4) is 0 Å². The van der Waals surface area contributed by atoms with E-state index in [1.165, 1.54) is 0 Å². The fourth-order valence-corrected chi connectivity index (χ4v) is 5.38. The van der Waals surface area contributed by atoms with E-state index in [-0.39, 0.29) is 36.9 Å². The van der Waals surface area contributed by atoms with Crippen molar-refractivity contribution in [1.29, 1.82) is 0 Å². The molecule has 2 bridgehead atoms. The quantitative estimate of drug-likeness (QED) is 0.615. The van der Waals surface area contributed by atoms with Gasteiger partial charge in [0.15, 0.2) is 5.76 Å². The van der Waals surface area contributed by atoms with Gasteiger partial charge in [0.25, 0.3) is 11.8 Å². The number of carbonyl (C=O) groups excluding carboxylic acids is 2. The summed E-state index contributed by atoms with van der Waals surface area (Å²) in [4.78, 5) is 29.3.